The van der Waals surface area contributed by atoms with Crippen LogP contribution < -0.4 is 15.7 Å². The van der Waals surface area contributed by atoms with Gasteiger partial charge in [-0.2, -0.15) is 5.10 Å². The first-order valence-corrected chi connectivity index (χ1v) is 9.66. The van der Waals surface area contributed by atoms with E-state index in [-0.39, 0.29) is 12.5 Å². The van der Waals surface area contributed by atoms with Gasteiger partial charge in [0, 0.05) is 33.6 Å². The number of benzene rings is 2. The summed E-state index contributed by atoms with van der Waals surface area (Å²) in [6.45, 7) is 0.138. The van der Waals surface area contributed by atoms with E-state index in [4.69, 9.17) is 32.4 Å². The van der Waals surface area contributed by atoms with Crippen LogP contribution >= 0.6 is 23.2 Å². The van der Waals surface area contributed by atoms with E-state index >= 15 is 0 Å². The van der Waals surface area contributed by atoms with Gasteiger partial charge in [-0.05, 0) is 35.9 Å². The molecule has 0 aliphatic heterocycles. The van der Waals surface area contributed by atoms with Crippen molar-refractivity contribution in [2.45, 2.75) is 6.54 Å². The number of hydrogen-bond acceptors (Lipinski definition) is 5. The molecule has 0 radical (unpaired) electrons. The Hall–Kier alpha value is -3.29. The van der Waals surface area contributed by atoms with Crippen molar-refractivity contribution in [2.75, 3.05) is 11.9 Å². The topological polar surface area (TPSA) is 86.4 Å². The summed E-state index contributed by atoms with van der Waals surface area (Å²) in [6, 6.07) is 14.9. The number of amides is 1. The van der Waals surface area contributed by atoms with E-state index in [9.17, 15) is 9.59 Å². The van der Waals surface area contributed by atoms with Crippen LogP contribution in [0, 0.1) is 0 Å². The standard InChI is InChI=1S/C21H15Cl2N3O4/c22-15-4-1-14(17(23)9-15)11-26-19(7-8-24-26)25-20(27)12-29-16-5-2-13-3-6-21(28)30-18(13)10-16/h1-10H,11-12H2,(H,25,27). The minimum atomic E-state index is -0.452. The number of nitrogens with one attached hydrogen (secondary N) is 1. The first kappa shape index (κ1) is 20.0. The second-order valence-electron chi connectivity index (χ2n) is 6.40. The average molecular weight is 444 g/mol. The summed E-state index contributed by atoms with van der Waals surface area (Å²) in [5.74, 6) is 0.543. The molecule has 0 saturated carbocycles. The van der Waals surface area contributed by atoms with E-state index in [0.29, 0.717) is 33.7 Å². The van der Waals surface area contributed by atoms with E-state index in [1.54, 1.807) is 59.4 Å². The van der Waals surface area contributed by atoms with E-state index < -0.39 is 5.63 Å². The van der Waals surface area contributed by atoms with Crippen molar-refractivity contribution < 1.29 is 13.9 Å². The maximum atomic E-state index is 12.3. The van der Waals surface area contributed by atoms with Gasteiger partial charge in [-0.25, -0.2) is 9.48 Å². The van der Waals surface area contributed by atoms with Gasteiger partial charge >= 0.3 is 5.63 Å². The normalized spacial score (nSPS) is 10.9. The molecule has 0 saturated heterocycles. The number of nitrogens with zero attached hydrogens (tertiary/aromatic N) is 2. The minimum Gasteiger partial charge on any atom is -0.484 e. The molecule has 7 nitrogen and oxygen atoms in total. The molecule has 2 aromatic carbocycles. The number of anilines is 1. The van der Waals surface area contributed by atoms with Gasteiger partial charge < -0.3 is 14.5 Å². The predicted octanol–water partition coefficient (Wildman–Crippen LogP) is 4.36. The highest BCUT2D eigenvalue weighted by molar-refractivity contribution is 6.35. The predicted molar refractivity (Wildman–Crippen MR) is 114 cm³/mol. The maximum absolute atomic E-state index is 12.3. The fourth-order valence-corrected chi connectivity index (χ4v) is 3.30. The van der Waals surface area contributed by atoms with Gasteiger partial charge in [0.05, 0.1) is 12.7 Å². The molecule has 2 heterocycles. The van der Waals surface area contributed by atoms with Crippen LogP contribution in [-0.4, -0.2) is 22.3 Å². The zero-order chi connectivity index (χ0) is 21.1. The van der Waals surface area contributed by atoms with Gasteiger partial charge in [0.1, 0.15) is 17.2 Å². The quantitative estimate of drug-likeness (QED) is 0.447. The molecule has 0 aliphatic carbocycles. The highest BCUT2D eigenvalue weighted by atomic mass is 35.5. The van der Waals surface area contributed by atoms with Gasteiger partial charge in [-0.3, -0.25) is 4.79 Å². The van der Waals surface area contributed by atoms with Gasteiger partial charge in [0.15, 0.2) is 6.61 Å². The van der Waals surface area contributed by atoms with Crippen LogP contribution in [0.15, 0.2) is 70.0 Å². The summed E-state index contributed by atoms with van der Waals surface area (Å²) in [6.07, 6.45) is 1.58. The Morgan fingerprint density at radius 3 is 2.77 bits per heavy atom. The molecule has 0 spiro atoms. The van der Waals surface area contributed by atoms with E-state index in [1.165, 1.54) is 6.07 Å². The van der Waals surface area contributed by atoms with Crippen LogP contribution in [0.4, 0.5) is 5.82 Å². The molecule has 4 rings (SSSR count). The molecule has 1 N–H and O–H groups in total. The largest absolute Gasteiger partial charge is 0.484 e. The Kier molecular flexibility index (Phi) is 5.74. The highest BCUT2D eigenvalue weighted by Gasteiger charge is 2.11. The first-order valence-electron chi connectivity index (χ1n) is 8.90. The molecule has 152 valence electrons. The lowest BCUT2D eigenvalue weighted by molar-refractivity contribution is -0.118. The zero-order valence-corrected chi connectivity index (χ0v) is 17.0. The lowest BCUT2D eigenvalue weighted by Gasteiger charge is -2.11. The van der Waals surface area contributed by atoms with Crippen LogP contribution in [0.5, 0.6) is 5.75 Å². The number of hydrogen-bond donors (Lipinski definition) is 1. The smallest absolute Gasteiger partial charge is 0.336 e. The number of rotatable bonds is 6. The Labute approximate surface area is 180 Å². The number of ether oxygens (including phenoxy) is 1. The Bertz CT molecular complexity index is 1280. The lowest BCUT2D eigenvalue weighted by Crippen LogP contribution is -2.22. The van der Waals surface area contributed by atoms with Crippen LogP contribution in [0.2, 0.25) is 10.0 Å². The third-order valence-electron chi connectivity index (χ3n) is 4.28. The van der Waals surface area contributed by atoms with Crippen LogP contribution in [0.25, 0.3) is 11.0 Å². The third kappa shape index (κ3) is 4.64. The fourth-order valence-electron chi connectivity index (χ4n) is 2.83. The highest BCUT2D eigenvalue weighted by Crippen LogP contribution is 2.23. The Balaban J connectivity index is 1.40. The summed E-state index contributed by atoms with van der Waals surface area (Å²) in [5, 5.41) is 8.79. The maximum Gasteiger partial charge on any atom is 0.336 e. The number of carbonyl (C=O) groups is 1. The van der Waals surface area contributed by atoms with Crippen LogP contribution in [0.3, 0.4) is 0 Å². The van der Waals surface area contributed by atoms with Gasteiger partial charge in [-0.15, -0.1) is 0 Å². The summed E-state index contributed by atoms with van der Waals surface area (Å²) >= 11 is 12.1. The monoisotopic (exact) mass is 443 g/mol. The van der Waals surface area contributed by atoms with Gasteiger partial charge in [0.2, 0.25) is 0 Å². The summed E-state index contributed by atoms with van der Waals surface area (Å²) in [5.41, 5.74) is 0.749. The van der Waals surface area contributed by atoms with Crippen molar-refractivity contribution >= 4 is 45.9 Å². The van der Waals surface area contributed by atoms with Gasteiger partial charge in [0.25, 0.3) is 5.91 Å². The molecular weight excluding hydrogens is 429 g/mol. The first-order chi connectivity index (χ1) is 14.5. The molecule has 0 unspecified atom stereocenters. The van der Waals surface area contributed by atoms with Crippen molar-refractivity contribution in [1.29, 1.82) is 0 Å². The molecule has 4 aromatic rings. The molecular formula is C21H15Cl2N3O4. The SMILES string of the molecule is O=C(COc1ccc2ccc(=O)oc2c1)Nc1ccnn1Cc1ccc(Cl)cc1Cl. The number of carbonyl (C=O) groups excluding carboxylic acids is 1. The molecule has 0 fully saturated rings. The number of halogens is 2. The molecule has 9 heteroatoms. The van der Waals surface area contributed by atoms with E-state index in [2.05, 4.69) is 10.4 Å². The lowest BCUT2D eigenvalue weighted by atomic mass is 10.2. The number of fused-ring (bicyclic) bond motifs is 1. The molecule has 30 heavy (non-hydrogen) atoms. The Morgan fingerprint density at radius 1 is 1.10 bits per heavy atom. The average Bonchev–Trinajstić information content (AvgIpc) is 3.14. The summed E-state index contributed by atoms with van der Waals surface area (Å²) in [7, 11) is 0. The van der Waals surface area contributed by atoms with Crippen molar-refractivity contribution in [1.82, 2.24) is 9.78 Å². The summed E-state index contributed by atoms with van der Waals surface area (Å²) < 4.78 is 12.2. The number of aromatic nitrogens is 2. The molecule has 1 amide bonds. The van der Waals surface area contributed by atoms with Crippen LogP contribution in [0.1, 0.15) is 5.56 Å². The molecule has 0 aliphatic rings. The minimum absolute atomic E-state index is 0.227. The zero-order valence-electron chi connectivity index (χ0n) is 15.5. The van der Waals surface area contributed by atoms with Crippen LogP contribution in [-0.2, 0) is 11.3 Å². The second-order valence-corrected chi connectivity index (χ2v) is 7.24. The third-order valence-corrected chi connectivity index (χ3v) is 4.87. The summed E-state index contributed by atoms with van der Waals surface area (Å²) in [4.78, 5) is 23.7. The second kappa shape index (κ2) is 8.61. The fraction of sp³-hybridized carbons (Fsp3) is 0.0952. The molecule has 0 bridgehead atoms. The van der Waals surface area contributed by atoms with Crippen molar-refractivity contribution in [3.63, 3.8) is 0 Å². The van der Waals surface area contributed by atoms with Gasteiger partial charge in [-0.1, -0.05) is 29.3 Å². The van der Waals surface area contributed by atoms with Crippen molar-refractivity contribution in [3.05, 3.63) is 86.8 Å². The Morgan fingerprint density at radius 2 is 1.93 bits per heavy atom. The van der Waals surface area contributed by atoms with E-state index in [0.717, 1.165) is 10.9 Å². The van der Waals surface area contributed by atoms with E-state index in [1.807, 2.05) is 0 Å². The van der Waals surface area contributed by atoms with Crippen molar-refractivity contribution in [2.24, 2.45) is 0 Å². The molecule has 0 atom stereocenters. The molecule has 2 aromatic heterocycles. The van der Waals surface area contributed by atoms with Crippen molar-refractivity contribution in [3.8, 4) is 5.75 Å².